The van der Waals surface area contributed by atoms with Crippen molar-refractivity contribution in [3.63, 3.8) is 0 Å². The van der Waals surface area contributed by atoms with E-state index in [0.717, 1.165) is 5.56 Å². The molecule has 5 nitrogen and oxygen atoms in total. The summed E-state index contributed by atoms with van der Waals surface area (Å²) in [7, 11) is 0. The standard InChI is InChI=1S/C22H19ClN2O3/c1-14-17(11-24)20(16-9-5-6-10-18(16)23)21(22(26)27)19(25-14)13-28-12-15-7-3-2-4-8-15/h2-10,20,25H,12-13H2,1H3,(H,26,27). The first-order valence-electron chi connectivity index (χ1n) is 8.73. The van der Waals surface area contributed by atoms with Gasteiger partial charge in [-0.3, -0.25) is 0 Å². The number of nitrogens with one attached hydrogen (secondary N) is 1. The van der Waals surface area contributed by atoms with Crippen molar-refractivity contribution in [1.29, 1.82) is 5.26 Å². The maximum Gasteiger partial charge on any atom is 0.334 e. The number of carbonyl (C=O) groups is 1. The van der Waals surface area contributed by atoms with Gasteiger partial charge in [0.1, 0.15) is 0 Å². The second-order valence-electron chi connectivity index (χ2n) is 6.41. The molecule has 0 saturated carbocycles. The van der Waals surface area contributed by atoms with Crippen LogP contribution >= 0.6 is 11.6 Å². The molecule has 1 aliphatic rings. The van der Waals surface area contributed by atoms with Crippen LogP contribution in [-0.4, -0.2) is 17.7 Å². The molecule has 0 bridgehead atoms. The zero-order chi connectivity index (χ0) is 20.1. The van der Waals surface area contributed by atoms with Crippen LogP contribution in [0.3, 0.4) is 0 Å². The number of nitrogens with zero attached hydrogens (tertiary/aromatic N) is 1. The van der Waals surface area contributed by atoms with E-state index >= 15 is 0 Å². The van der Waals surface area contributed by atoms with E-state index in [1.165, 1.54) is 0 Å². The van der Waals surface area contributed by atoms with E-state index in [-0.39, 0.29) is 12.2 Å². The van der Waals surface area contributed by atoms with E-state index in [1.54, 1.807) is 31.2 Å². The van der Waals surface area contributed by atoms with Crippen LogP contribution in [0.4, 0.5) is 0 Å². The zero-order valence-corrected chi connectivity index (χ0v) is 16.0. The number of ether oxygens (including phenoxy) is 1. The third-order valence-electron chi connectivity index (χ3n) is 4.57. The van der Waals surface area contributed by atoms with E-state index in [0.29, 0.717) is 34.2 Å². The van der Waals surface area contributed by atoms with Crippen LogP contribution in [0, 0.1) is 11.3 Å². The van der Waals surface area contributed by atoms with E-state index in [1.807, 2.05) is 30.3 Å². The predicted molar refractivity (Wildman–Crippen MR) is 106 cm³/mol. The summed E-state index contributed by atoms with van der Waals surface area (Å²) in [6.07, 6.45) is 0. The summed E-state index contributed by atoms with van der Waals surface area (Å²) in [5.41, 5.74) is 2.99. The maximum atomic E-state index is 12.1. The number of rotatable bonds is 6. The van der Waals surface area contributed by atoms with Crippen LogP contribution in [-0.2, 0) is 16.1 Å². The monoisotopic (exact) mass is 394 g/mol. The van der Waals surface area contributed by atoms with Crippen LogP contribution < -0.4 is 5.32 Å². The fourth-order valence-corrected chi connectivity index (χ4v) is 3.52. The molecule has 2 aromatic carbocycles. The fourth-order valence-electron chi connectivity index (χ4n) is 3.28. The lowest BCUT2D eigenvalue weighted by Crippen LogP contribution is -2.31. The molecule has 0 saturated heterocycles. The van der Waals surface area contributed by atoms with Gasteiger partial charge in [-0.25, -0.2) is 4.79 Å². The largest absolute Gasteiger partial charge is 0.478 e. The predicted octanol–water partition coefficient (Wildman–Crippen LogP) is 4.38. The van der Waals surface area contributed by atoms with Gasteiger partial charge in [0.05, 0.1) is 42.0 Å². The topological polar surface area (TPSA) is 82.4 Å². The molecule has 1 aliphatic heterocycles. The number of dihydropyridines is 1. The Bertz CT molecular complexity index is 990. The average Bonchev–Trinajstić information content (AvgIpc) is 2.68. The summed E-state index contributed by atoms with van der Waals surface area (Å²) in [6.45, 7) is 2.18. The number of carboxylic acids is 1. The summed E-state index contributed by atoms with van der Waals surface area (Å²) in [6, 6.07) is 18.7. The van der Waals surface area contributed by atoms with Crippen molar-refractivity contribution >= 4 is 17.6 Å². The third-order valence-corrected chi connectivity index (χ3v) is 4.91. The Labute approximate surface area is 168 Å². The second-order valence-corrected chi connectivity index (χ2v) is 6.81. The molecule has 2 N–H and O–H groups in total. The van der Waals surface area contributed by atoms with Gasteiger partial charge >= 0.3 is 5.97 Å². The Kier molecular flexibility index (Phi) is 6.15. The van der Waals surface area contributed by atoms with Crippen molar-refractivity contribution in [3.05, 3.63) is 93.3 Å². The Morgan fingerprint density at radius 3 is 2.50 bits per heavy atom. The fraction of sp³-hybridized carbons (Fsp3) is 0.182. The van der Waals surface area contributed by atoms with Gasteiger partial charge in [0, 0.05) is 10.7 Å². The van der Waals surface area contributed by atoms with Crippen molar-refractivity contribution in [3.8, 4) is 6.07 Å². The minimum absolute atomic E-state index is 0.0725. The average molecular weight is 395 g/mol. The first-order chi connectivity index (χ1) is 13.5. The number of hydrogen-bond donors (Lipinski definition) is 2. The normalized spacial score (nSPS) is 16.5. The molecule has 6 heteroatoms. The molecule has 1 atom stereocenters. The Hall–Kier alpha value is -3.07. The summed E-state index contributed by atoms with van der Waals surface area (Å²) in [4.78, 5) is 12.1. The number of benzene rings is 2. The molecular weight excluding hydrogens is 376 g/mol. The zero-order valence-electron chi connectivity index (χ0n) is 15.3. The van der Waals surface area contributed by atoms with Crippen LogP contribution in [0.2, 0.25) is 5.02 Å². The minimum Gasteiger partial charge on any atom is -0.478 e. The van der Waals surface area contributed by atoms with E-state index in [4.69, 9.17) is 16.3 Å². The summed E-state index contributed by atoms with van der Waals surface area (Å²) < 4.78 is 5.75. The minimum atomic E-state index is -1.11. The number of hydrogen-bond acceptors (Lipinski definition) is 4. The quantitative estimate of drug-likeness (QED) is 0.759. The first-order valence-corrected chi connectivity index (χ1v) is 9.11. The van der Waals surface area contributed by atoms with Crippen LogP contribution in [0.15, 0.2) is 77.1 Å². The van der Waals surface area contributed by atoms with Gasteiger partial charge in [0.15, 0.2) is 0 Å². The Balaban J connectivity index is 1.97. The molecule has 0 aromatic heterocycles. The Morgan fingerprint density at radius 1 is 1.18 bits per heavy atom. The number of halogens is 1. The van der Waals surface area contributed by atoms with E-state index in [2.05, 4.69) is 11.4 Å². The molecule has 2 aromatic rings. The highest BCUT2D eigenvalue weighted by atomic mass is 35.5. The van der Waals surface area contributed by atoms with Crippen LogP contribution in [0.25, 0.3) is 0 Å². The molecule has 142 valence electrons. The highest BCUT2D eigenvalue weighted by Crippen LogP contribution is 2.40. The van der Waals surface area contributed by atoms with Gasteiger partial charge in [-0.1, -0.05) is 60.1 Å². The molecule has 1 heterocycles. The summed E-state index contributed by atoms with van der Waals surface area (Å²) in [5, 5.41) is 23.0. The van der Waals surface area contributed by atoms with E-state index in [9.17, 15) is 15.2 Å². The smallest absolute Gasteiger partial charge is 0.334 e. The van der Waals surface area contributed by atoms with Crippen molar-refractivity contribution in [2.45, 2.75) is 19.4 Å². The van der Waals surface area contributed by atoms with Crippen molar-refractivity contribution in [2.75, 3.05) is 6.61 Å². The molecule has 0 fully saturated rings. The molecule has 1 unspecified atom stereocenters. The SMILES string of the molecule is CC1=C(C#N)C(c2ccccc2Cl)C(C(=O)O)=C(COCc2ccccc2)N1. The van der Waals surface area contributed by atoms with Crippen molar-refractivity contribution in [2.24, 2.45) is 0 Å². The molecule has 0 spiro atoms. The van der Waals surface area contributed by atoms with Gasteiger partial charge in [-0.15, -0.1) is 0 Å². The molecule has 28 heavy (non-hydrogen) atoms. The van der Waals surface area contributed by atoms with Gasteiger partial charge in [-0.05, 0) is 24.1 Å². The van der Waals surface area contributed by atoms with Gasteiger partial charge in [0.2, 0.25) is 0 Å². The maximum absolute atomic E-state index is 12.1. The van der Waals surface area contributed by atoms with Gasteiger partial charge in [0.25, 0.3) is 0 Å². The summed E-state index contributed by atoms with van der Waals surface area (Å²) in [5.74, 6) is -1.87. The van der Waals surface area contributed by atoms with Crippen LogP contribution in [0.1, 0.15) is 24.0 Å². The number of carboxylic acid groups (broad SMARTS) is 1. The Morgan fingerprint density at radius 2 is 1.86 bits per heavy atom. The van der Waals surface area contributed by atoms with Crippen molar-refractivity contribution < 1.29 is 14.6 Å². The number of aliphatic carboxylic acids is 1. The molecule has 0 radical (unpaired) electrons. The molecule has 3 rings (SSSR count). The lowest BCUT2D eigenvalue weighted by molar-refractivity contribution is -0.133. The van der Waals surface area contributed by atoms with Crippen molar-refractivity contribution in [1.82, 2.24) is 5.32 Å². The highest BCUT2D eigenvalue weighted by molar-refractivity contribution is 6.31. The number of allylic oxidation sites excluding steroid dienone is 2. The molecule has 0 aliphatic carbocycles. The molecular formula is C22H19ClN2O3. The lowest BCUT2D eigenvalue weighted by atomic mass is 9.81. The van der Waals surface area contributed by atoms with E-state index < -0.39 is 11.9 Å². The number of nitriles is 1. The van der Waals surface area contributed by atoms with Crippen LogP contribution in [0.5, 0.6) is 0 Å². The summed E-state index contributed by atoms with van der Waals surface area (Å²) >= 11 is 6.33. The molecule has 0 amide bonds. The second kappa shape index (κ2) is 8.75. The van der Waals surface area contributed by atoms with Gasteiger partial charge < -0.3 is 15.2 Å². The lowest BCUT2D eigenvalue weighted by Gasteiger charge is -2.29. The van der Waals surface area contributed by atoms with Gasteiger partial charge in [-0.2, -0.15) is 5.26 Å². The third kappa shape index (κ3) is 4.09. The highest BCUT2D eigenvalue weighted by Gasteiger charge is 2.35. The first kappa shape index (κ1) is 19.7.